The fourth-order valence-corrected chi connectivity index (χ4v) is 5.80. The molecule has 1 heterocycles. The zero-order valence-corrected chi connectivity index (χ0v) is 18.7. The minimum absolute atomic E-state index is 0.0804. The Labute approximate surface area is 188 Å². The Bertz CT molecular complexity index is 1230. The van der Waals surface area contributed by atoms with E-state index in [1.54, 1.807) is 37.3 Å². The Hall–Kier alpha value is -3.29. The second-order valence-electron chi connectivity index (χ2n) is 7.86. The Balaban J connectivity index is 1.79. The van der Waals surface area contributed by atoms with E-state index in [0.717, 1.165) is 16.0 Å². The van der Waals surface area contributed by atoms with Gasteiger partial charge in [-0.15, -0.1) is 0 Å². The van der Waals surface area contributed by atoms with Gasteiger partial charge in [0.25, 0.3) is 5.91 Å². The van der Waals surface area contributed by atoms with Gasteiger partial charge in [-0.05, 0) is 43.7 Å². The monoisotopic (exact) mass is 448 g/mol. The van der Waals surface area contributed by atoms with Crippen LogP contribution in [0.5, 0.6) is 0 Å². The number of amides is 2. The van der Waals surface area contributed by atoms with Crippen LogP contribution in [-0.2, 0) is 19.6 Å². The van der Waals surface area contributed by atoms with Crippen LogP contribution in [0.3, 0.4) is 0 Å². The highest BCUT2D eigenvalue weighted by atomic mass is 32.2. The Morgan fingerprint density at radius 3 is 2.03 bits per heavy atom. The van der Waals surface area contributed by atoms with Crippen LogP contribution in [0.4, 0.5) is 5.69 Å². The van der Waals surface area contributed by atoms with Crippen molar-refractivity contribution in [3.63, 3.8) is 0 Å². The van der Waals surface area contributed by atoms with E-state index in [1.807, 2.05) is 49.4 Å². The lowest BCUT2D eigenvalue weighted by Crippen LogP contribution is -2.46. The number of sulfonamides is 1. The molecule has 4 rings (SSSR count). The van der Waals surface area contributed by atoms with Gasteiger partial charge in [0.2, 0.25) is 15.9 Å². The van der Waals surface area contributed by atoms with Crippen LogP contribution < -0.4 is 4.90 Å². The van der Waals surface area contributed by atoms with Gasteiger partial charge in [-0.25, -0.2) is 13.3 Å². The maximum atomic E-state index is 13.7. The number of anilines is 1. The van der Waals surface area contributed by atoms with Gasteiger partial charge in [0.15, 0.2) is 0 Å². The van der Waals surface area contributed by atoms with Crippen LogP contribution in [0.15, 0.2) is 89.8 Å². The van der Waals surface area contributed by atoms with Crippen molar-refractivity contribution in [2.45, 2.75) is 37.2 Å². The predicted octanol–water partition coefficient (Wildman–Crippen LogP) is 4.08. The molecule has 0 aliphatic carbocycles. The summed E-state index contributed by atoms with van der Waals surface area (Å²) in [6, 6.07) is 22.4. The van der Waals surface area contributed by atoms with Crippen molar-refractivity contribution in [1.29, 1.82) is 0 Å². The number of rotatable bonds is 6. The molecule has 32 heavy (non-hydrogen) atoms. The molecule has 0 spiro atoms. The summed E-state index contributed by atoms with van der Waals surface area (Å²) in [7, 11) is -4.07. The first-order valence-corrected chi connectivity index (χ1v) is 11.8. The minimum atomic E-state index is -4.07. The summed E-state index contributed by atoms with van der Waals surface area (Å²) >= 11 is 0. The summed E-state index contributed by atoms with van der Waals surface area (Å²) in [5, 5.41) is 0. The summed E-state index contributed by atoms with van der Waals surface area (Å²) in [4.78, 5) is 27.5. The van der Waals surface area contributed by atoms with Crippen LogP contribution in [-0.4, -0.2) is 30.6 Å². The van der Waals surface area contributed by atoms with Gasteiger partial charge in [-0.2, -0.15) is 4.31 Å². The third-order valence-corrected chi connectivity index (χ3v) is 7.70. The molecule has 0 radical (unpaired) electrons. The number of carbonyl (C=O) groups is 2. The van der Waals surface area contributed by atoms with Gasteiger partial charge < -0.3 is 0 Å². The molecule has 1 aliphatic heterocycles. The lowest BCUT2D eigenvalue weighted by Gasteiger charge is -2.32. The number of nitrogens with zero attached hydrogens (tertiary/aromatic N) is 2. The number of imide groups is 1. The van der Waals surface area contributed by atoms with Crippen molar-refractivity contribution in [2.24, 2.45) is 0 Å². The van der Waals surface area contributed by atoms with E-state index >= 15 is 0 Å². The van der Waals surface area contributed by atoms with Gasteiger partial charge in [0.05, 0.1) is 17.0 Å². The van der Waals surface area contributed by atoms with Crippen molar-refractivity contribution >= 4 is 27.5 Å². The van der Waals surface area contributed by atoms with E-state index in [9.17, 15) is 18.0 Å². The quantitative estimate of drug-likeness (QED) is 0.533. The van der Waals surface area contributed by atoms with Crippen molar-refractivity contribution in [2.75, 3.05) is 4.90 Å². The van der Waals surface area contributed by atoms with Gasteiger partial charge >= 0.3 is 0 Å². The average molecular weight is 449 g/mol. The standard InChI is InChI=1S/C25H24N2O4S/c1-18-13-15-21(16-14-18)26-24(28)17-23(25(26)29)27(19(2)20-9-5-3-6-10-20)32(30,31)22-11-7-4-8-12-22/h3-16,19,23H,17H2,1-2H3. The maximum Gasteiger partial charge on any atom is 0.252 e. The SMILES string of the molecule is Cc1ccc(N2C(=O)CC(N(C(C)c3ccccc3)S(=O)(=O)c3ccccc3)C2=O)cc1. The van der Waals surface area contributed by atoms with Gasteiger partial charge in [0, 0.05) is 6.04 Å². The fraction of sp³-hybridized carbons (Fsp3) is 0.200. The largest absolute Gasteiger partial charge is 0.274 e. The van der Waals surface area contributed by atoms with Crippen molar-refractivity contribution < 1.29 is 18.0 Å². The van der Waals surface area contributed by atoms with E-state index < -0.39 is 33.9 Å². The van der Waals surface area contributed by atoms with Crippen LogP contribution in [0.25, 0.3) is 0 Å². The van der Waals surface area contributed by atoms with Gasteiger partial charge in [0.1, 0.15) is 6.04 Å². The minimum Gasteiger partial charge on any atom is -0.274 e. The summed E-state index contributed by atoms with van der Waals surface area (Å²) in [5.74, 6) is -0.960. The molecule has 2 atom stereocenters. The summed E-state index contributed by atoms with van der Waals surface area (Å²) in [6.45, 7) is 3.65. The van der Waals surface area contributed by atoms with Crippen LogP contribution >= 0.6 is 0 Å². The second kappa shape index (κ2) is 8.68. The molecule has 6 nitrogen and oxygen atoms in total. The van der Waals surface area contributed by atoms with Crippen LogP contribution in [0, 0.1) is 6.92 Å². The molecule has 0 aromatic heterocycles. The number of carbonyl (C=O) groups excluding carboxylic acids is 2. The normalized spacial score (nSPS) is 17.7. The molecule has 2 unspecified atom stereocenters. The second-order valence-corrected chi connectivity index (χ2v) is 9.70. The third-order valence-electron chi connectivity index (χ3n) is 5.70. The van der Waals surface area contributed by atoms with Crippen molar-refractivity contribution in [3.05, 3.63) is 96.1 Å². The maximum absolute atomic E-state index is 13.7. The zero-order chi connectivity index (χ0) is 22.9. The van der Waals surface area contributed by atoms with Gasteiger partial charge in [-0.3, -0.25) is 9.59 Å². The smallest absolute Gasteiger partial charge is 0.252 e. The lowest BCUT2D eigenvalue weighted by molar-refractivity contribution is -0.122. The molecular weight excluding hydrogens is 424 g/mol. The lowest BCUT2D eigenvalue weighted by atomic mass is 10.1. The Morgan fingerprint density at radius 2 is 1.44 bits per heavy atom. The Kier molecular flexibility index (Phi) is 5.95. The fourth-order valence-electron chi connectivity index (χ4n) is 4.02. The molecule has 0 saturated carbocycles. The molecular formula is C25H24N2O4S. The molecule has 3 aromatic carbocycles. The highest BCUT2D eigenvalue weighted by Crippen LogP contribution is 2.35. The first-order valence-electron chi connectivity index (χ1n) is 10.4. The Morgan fingerprint density at radius 1 is 0.875 bits per heavy atom. The van der Waals surface area contributed by atoms with E-state index in [0.29, 0.717) is 5.69 Å². The van der Waals surface area contributed by atoms with Crippen LogP contribution in [0.2, 0.25) is 0 Å². The molecule has 1 saturated heterocycles. The molecule has 3 aromatic rings. The number of benzene rings is 3. The van der Waals surface area contributed by atoms with Crippen molar-refractivity contribution in [3.8, 4) is 0 Å². The summed E-state index contributed by atoms with van der Waals surface area (Å²) < 4.78 is 28.6. The zero-order valence-electron chi connectivity index (χ0n) is 17.9. The van der Waals surface area contributed by atoms with Crippen LogP contribution in [0.1, 0.15) is 30.5 Å². The van der Waals surface area contributed by atoms with E-state index in [4.69, 9.17) is 0 Å². The van der Waals surface area contributed by atoms with E-state index in [-0.39, 0.29) is 11.3 Å². The number of hydrogen-bond donors (Lipinski definition) is 0. The first-order chi connectivity index (χ1) is 15.3. The summed E-state index contributed by atoms with van der Waals surface area (Å²) in [6.07, 6.45) is -0.212. The third kappa shape index (κ3) is 3.97. The molecule has 0 N–H and O–H groups in total. The van der Waals surface area contributed by atoms with Crippen molar-refractivity contribution in [1.82, 2.24) is 4.31 Å². The van der Waals surface area contributed by atoms with E-state index in [2.05, 4.69) is 0 Å². The summed E-state index contributed by atoms with van der Waals surface area (Å²) in [5.41, 5.74) is 2.17. The predicted molar refractivity (Wildman–Crippen MR) is 122 cm³/mol. The topological polar surface area (TPSA) is 74.8 Å². The first kappa shape index (κ1) is 21.9. The number of hydrogen-bond acceptors (Lipinski definition) is 4. The highest BCUT2D eigenvalue weighted by Gasteiger charge is 2.48. The average Bonchev–Trinajstić information content (AvgIpc) is 3.09. The van der Waals surface area contributed by atoms with Gasteiger partial charge in [-0.1, -0.05) is 66.2 Å². The molecule has 7 heteroatoms. The molecule has 164 valence electrons. The highest BCUT2D eigenvalue weighted by molar-refractivity contribution is 7.89. The molecule has 0 bridgehead atoms. The molecule has 1 fully saturated rings. The van der Waals surface area contributed by atoms with E-state index in [1.165, 1.54) is 16.4 Å². The molecule has 1 aliphatic rings. The molecule has 2 amide bonds. The number of aryl methyl sites for hydroxylation is 1.